The number of rotatable bonds is 8. The zero-order chi connectivity index (χ0) is 15.0. The van der Waals surface area contributed by atoms with E-state index in [1.807, 2.05) is 35.2 Å². The number of nitrogens with zero attached hydrogens (tertiary/aromatic N) is 2. The Hall–Kier alpha value is -1.76. The maximum absolute atomic E-state index is 11.2. The molecule has 1 aromatic carbocycles. The van der Waals surface area contributed by atoms with Crippen LogP contribution in [0.3, 0.4) is 0 Å². The van der Waals surface area contributed by atoms with Gasteiger partial charge < -0.3 is 15.8 Å². The summed E-state index contributed by atoms with van der Waals surface area (Å²) in [5.41, 5.74) is 6.47. The molecule has 7 heteroatoms. The highest BCUT2D eigenvalue weighted by Gasteiger charge is 2.09. The number of nitrogens with two attached hydrogens (primary N) is 1. The Labute approximate surface area is 119 Å². The van der Waals surface area contributed by atoms with Gasteiger partial charge in [0, 0.05) is 31.5 Å². The van der Waals surface area contributed by atoms with Crippen LogP contribution in [0.4, 0.5) is 5.69 Å². The molecule has 3 N–H and O–H groups in total. The lowest BCUT2D eigenvalue weighted by atomic mass is 10.2. The van der Waals surface area contributed by atoms with Crippen molar-refractivity contribution in [3.8, 4) is 0 Å². The van der Waals surface area contributed by atoms with Gasteiger partial charge in [0.05, 0.1) is 5.75 Å². The van der Waals surface area contributed by atoms with Gasteiger partial charge in [-0.3, -0.25) is 0 Å². The molecule has 0 amide bonds. The van der Waals surface area contributed by atoms with Crippen LogP contribution in [0.2, 0.25) is 0 Å². The lowest BCUT2D eigenvalue weighted by Gasteiger charge is -2.24. The Bertz CT molecular complexity index is 529. The average Bonchev–Trinajstić information content (AvgIpc) is 2.42. The predicted molar refractivity (Wildman–Crippen MR) is 81.0 cm³/mol. The summed E-state index contributed by atoms with van der Waals surface area (Å²) in [6.07, 6.45) is 2.20. The van der Waals surface area contributed by atoms with Crippen molar-refractivity contribution in [1.29, 1.82) is 0 Å². The van der Waals surface area contributed by atoms with Gasteiger partial charge in [-0.15, -0.1) is 0 Å². The summed E-state index contributed by atoms with van der Waals surface area (Å²) in [4.78, 5) is 2.03. The smallest absolute Gasteiger partial charge is 0.147 e. The molecule has 1 aromatic rings. The minimum Gasteiger partial charge on any atom is -0.409 e. The van der Waals surface area contributed by atoms with Gasteiger partial charge in [-0.05, 0) is 18.6 Å². The second kappa shape index (κ2) is 7.74. The molecule has 112 valence electrons. The monoisotopic (exact) mass is 299 g/mol. The summed E-state index contributed by atoms with van der Waals surface area (Å²) in [6, 6.07) is 9.66. The molecule has 1 rings (SSSR count). The fraction of sp³-hybridized carbons (Fsp3) is 0.462. The Kier molecular flexibility index (Phi) is 6.30. The van der Waals surface area contributed by atoms with Crippen molar-refractivity contribution >= 4 is 21.4 Å². The highest BCUT2D eigenvalue weighted by Crippen LogP contribution is 2.14. The molecule has 0 saturated heterocycles. The third kappa shape index (κ3) is 6.42. The number of para-hydroxylation sites is 1. The van der Waals surface area contributed by atoms with Crippen molar-refractivity contribution in [3.05, 3.63) is 30.3 Å². The van der Waals surface area contributed by atoms with Crippen LogP contribution in [-0.4, -0.2) is 44.6 Å². The summed E-state index contributed by atoms with van der Waals surface area (Å²) in [7, 11) is -2.95. The van der Waals surface area contributed by atoms with Crippen LogP contribution < -0.4 is 10.6 Å². The summed E-state index contributed by atoms with van der Waals surface area (Å²) < 4.78 is 22.3. The second-order valence-corrected chi connectivity index (χ2v) is 6.91. The topological polar surface area (TPSA) is 96.0 Å². The molecule has 0 bridgehead atoms. The fourth-order valence-corrected chi connectivity index (χ4v) is 2.48. The van der Waals surface area contributed by atoms with Crippen LogP contribution in [0.15, 0.2) is 35.5 Å². The number of amidine groups is 1. The van der Waals surface area contributed by atoms with E-state index in [1.165, 1.54) is 6.26 Å². The first kappa shape index (κ1) is 16.3. The number of benzene rings is 1. The second-order valence-electron chi connectivity index (χ2n) is 4.65. The Morgan fingerprint density at radius 1 is 1.30 bits per heavy atom. The van der Waals surface area contributed by atoms with E-state index in [-0.39, 0.29) is 11.6 Å². The maximum atomic E-state index is 11.2. The van der Waals surface area contributed by atoms with Gasteiger partial charge in [-0.2, -0.15) is 0 Å². The standard InChI is InChI=1S/C13H21N3O3S/c1-20(18,19)11-5-9-16(10-8-13(14)15-17)12-6-3-2-4-7-12/h2-4,6-7,17H,5,8-11H2,1H3,(H2,14,15). The summed E-state index contributed by atoms with van der Waals surface area (Å²) >= 11 is 0. The lowest BCUT2D eigenvalue weighted by Crippen LogP contribution is -2.30. The molecule has 0 heterocycles. The van der Waals surface area contributed by atoms with Gasteiger partial charge >= 0.3 is 0 Å². The molecule has 20 heavy (non-hydrogen) atoms. The van der Waals surface area contributed by atoms with E-state index in [2.05, 4.69) is 5.16 Å². The molecule has 0 radical (unpaired) electrons. The molecule has 6 nitrogen and oxygen atoms in total. The highest BCUT2D eigenvalue weighted by molar-refractivity contribution is 7.90. The van der Waals surface area contributed by atoms with Crippen LogP contribution in [0.5, 0.6) is 0 Å². The normalized spacial score (nSPS) is 12.3. The first-order chi connectivity index (χ1) is 9.42. The van der Waals surface area contributed by atoms with Crippen LogP contribution in [-0.2, 0) is 9.84 Å². The summed E-state index contributed by atoms with van der Waals surface area (Å²) in [5, 5.41) is 11.5. The molecule has 0 spiro atoms. The van der Waals surface area contributed by atoms with E-state index in [0.717, 1.165) is 5.69 Å². The van der Waals surface area contributed by atoms with E-state index >= 15 is 0 Å². The van der Waals surface area contributed by atoms with Gasteiger partial charge in [0.15, 0.2) is 0 Å². The Balaban J connectivity index is 2.65. The third-order valence-electron chi connectivity index (χ3n) is 2.83. The zero-order valence-corrected chi connectivity index (χ0v) is 12.4. The summed E-state index contributed by atoms with van der Waals surface area (Å²) in [6.45, 7) is 1.18. The van der Waals surface area contributed by atoms with Gasteiger partial charge in [0.25, 0.3) is 0 Å². The molecule has 0 fully saturated rings. The first-order valence-electron chi connectivity index (χ1n) is 6.36. The fourth-order valence-electron chi connectivity index (χ4n) is 1.83. The van der Waals surface area contributed by atoms with Gasteiger partial charge in [-0.25, -0.2) is 8.42 Å². The SMILES string of the molecule is CS(=O)(=O)CCCN(CCC(N)=NO)c1ccccc1. The quantitative estimate of drug-likeness (QED) is 0.324. The predicted octanol–water partition coefficient (Wildman–Crippen LogP) is 1.06. The van der Waals surface area contributed by atoms with Crippen molar-refractivity contribution < 1.29 is 13.6 Å². The number of anilines is 1. The lowest BCUT2D eigenvalue weighted by molar-refractivity contribution is 0.317. The average molecular weight is 299 g/mol. The largest absolute Gasteiger partial charge is 0.409 e. The van der Waals surface area contributed by atoms with Gasteiger partial charge in [-0.1, -0.05) is 23.4 Å². The molecular weight excluding hydrogens is 278 g/mol. The zero-order valence-electron chi connectivity index (χ0n) is 11.6. The number of sulfone groups is 1. The van der Waals surface area contributed by atoms with Crippen LogP contribution in [0, 0.1) is 0 Å². The van der Waals surface area contributed by atoms with Crippen molar-refractivity contribution in [2.75, 3.05) is 30.0 Å². The van der Waals surface area contributed by atoms with E-state index in [0.29, 0.717) is 25.9 Å². The van der Waals surface area contributed by atoms with E-state index in [4.69, 9.17) is 10.9 Å². The highest BCUT2D eigenvalue weighted by atomic mass is 32.2. The first-order valence-corrected chi connectivity index (χ1v) is 8.42. The molecule has 0 aliphatic heterocycles. The number of hydrogen-bond acceptors (Lipinski definition) is 5. The van der Waals surface area contributed by atoms with Crippen molar-refractivity contribution in [3.63, 3.8) is 0 Å². The van der Waals surface area contributed by atoms with Crippen molar-refractivity contribution in [2.45, 2.75) is 12.8 Å². The molecule has 0 aliphatic rings. The number of oxime groups is 1. The van der Waals surface area contributed by atoms with E-state index in [1.54, 1.807) is 0 Å². The molecule has 0 saturated carbocycles. The number of hydrogen-bond donors (Lipinski definition) is 2. The molecule has 0 aliphatic carbocycles. The van der Waals surface area contributed by atoms with Crippen molar-refractivity contribution in [1.82, 2.24) is 0 Å². The maximum Gasteiger partial charge on any atom is 0.147 e. The Morgan fingerprint density at radius 2 is 1.95 bits per heavy atom. The Morgan fingerprint density at radius 3 is 2.50 bits per heavy atom. The summed E-state index contributed by atoms with van der Waals surface area (Å²) in [5.74, 6) is 0.314. The van der Waals surface area contributed by atoms with Gasteiger partial charge in [0.1, 0.15) is 15.7 Å². The molecule has 0 atom stereocenters. The van der Waals surface area contributed by atoms with E-state index < -0.39 is 9.84 Å². The van der Waals surface area contributed by atoms with E-state index in [9.17, 15) is 8.42 Å². The van der Waals surface area contributed by atoms with Crippen LogP contribution in [0.1, 0.15) is 12.8 Å². The molecule has 0 unspecified atom stereocenters. The molecule has 0 aromatic heterocycles. The van der Waals surface area contributed by atoms with Crippen LogP contribution >= 0.6 is 0 Å². The minimum atomic E-state index is -2.95. The molecular formula is C13H21N3O3S. The minimum absolute atomic E-state index is 0.153. The van der Waals surface area contributed by atoms with Gasteiger partial charge in [0.2, 0.25) is 0 Å². The van der Waals surface area contributed by atoms with Crippen LogP contribution in [0.25, 0.3) is 0 Å². The van der Waals surface area contributed by atoms with Crippen molar-refractivity contribution in [2.24, 2.45) is 10.9 Å². The third-order valence-corrected chi connectivity index (χ3v) is 3.86.